The Labute approximate surface area is 139 Å². The van der Waals surface area contributed by atoms with Crippen LogP contribution < -0.4 is 14.8 Å². The second kappa shape index (κ2) is 7.41. The smallest absolute Gasteiger partial charge is 0.251 e. The first-order valence-corrected chi connectivity index (χ1v) is 8.50. The molecule has 0 heterocycles. The number of hydrogen-bond acceptors (Lipinski definition) is 4. The van der Waals surface area contributed by atoms with Crippen LogP contribution in [0.2, 0.25) is 0 Å². The number of ether oxygens (including phenoxy) is 1. The molecule has 0 spiro atoms. The molecule has 2 N–H and O–H groups in total. The third-order valence-corrected chi connectivity index (χ3v) is 4.76. The lowest BCUT2D eigenvalue weighted by atomic mass is 10.2. The van der Waals surface area contributed by atoms with E-state index in [1.165, 1.54) is 44.5 Å². The first-order chi connectivity index (χ1) is 11.4. The van der Waals surface area contributed by atoms with Crippen molar-refractivity contribution in [3.63, 3.8) is 0 Å². The fraction of sp³-hybridized carbons (Fsp3) is 0.188. The molecule has 2 aromatic carbocycles. The molecule has 1 amide bonds. The molecule has 128 valence electrons. The zero-order chi connectivity index (χ0) is 17.7. The number of methoxy groups -OCH3 is 1. The van der Waals surface area contributed by atoms with E-state index < -0.39 is 21.7 Å². The Morgan fingerprint density at radius 3 is 2.58 bits per heavy atom. The summed E-state index contributed by atoms with van der Waals surface area (Å²) < 4.78 is 44.3. The minimum Gasteiger partial charge on any atom is -0.495 e. The summed E-state index contributed by atoms with van der Waals surface area (Å²) in [5, 5.41) is 2.61. The van der Waals surface area contributed by atoms with Gasteiger partial charge in [-0.25, -0.2) is 17.5 Å². The minimum atomic E-state index is -3.77. The van der Waals surface area contributed by atoms with Crippen molar-refractivity contribution in [2.75, 3.05) is 14.2 Å². The third kappa shape index (κ3) is 4.09. The molecule has 2 aromatic rings. The topological polar surface area (TPSA) is 84.5 Å². The van der Waals surface area contributed by atoms with Crippen LogP contribution in [-0.4, -0.2) is 28.5 Å². The molecule has 8 heteroatoms. The van der Waals surface area contributed by atoms with E-state index >= 15 is 0 Å². The van der Waals surface area contributed by atoms with Crippen LogP contribution in [-0.2, 0) is 16.6 Å². The van der Waals surface area contributed by atoms with Crippen LogP contribution in [0.1, 0.15) is 15.9 Å². The lowest BCUT2D eigenvalue weighted by Gasteiger charge is -2.11. The highest BCUT2D eigenvalue weighted by Gasteiger charge is 2.20. The predicted molar refractivity (Wildman–Crippen MR) is 86.8 cm³/mol. The third-order valence-electron chi connectivity index (χ3n) is 3.33. The Morgan fingerprint density at radius 1 is 1.21 bits per heavy atom. The first-order valence-electron chi connectivity index (χ1n) is 7.01. The quantitative estimate of drug-likeness (QED) is 0.828. The number of benzene rings is 2. The van der Waals surface area contributed by atoms with E-state index in [-0.39, 0.29) is 22.8 Å². The van der Waals surface area contributed by atoms with Gasteiger partial charge in [-0.15, -0.1) is 0 Å². The van der Waals surface area contributed by atoms with Gasteiger partial charge in [0.25, 0.3) is 5.91 Å². The van der Waals surface area contributed by atoms with E-state index in [9.17, 15) is 17.6 Å². The van der Waals surface area contributed by atoms with Crippen molar-refractivity contribution in [2.24, 2.45) is 0 Å². The van der Waals surface area contributed by atoms with E-state index in [0.29, 0.717) is 5.56 Å². The molecule has 24 heavy (non-hydrogen) atoms. The number of carbonyl (C=O) groups excluding carboxylic acids is 1. The van der Waals surface area contributed by atoms with Crippen molar-refractivity contribution < 1.29 is 22.3 Å². The van der Waals surface area contributed by atoms with Crippen LogP contribution in [0.15, 0.2) is 47.4 Å². The summed E-state index contributed by atoms with van der Waals surface area (Å²) >= 11 is 0. The molecule has 0 radical (unpaired) electrons. The van der Waals surface area contributed by atoms with Crippen molar-refractivity contribution in [1.29, 1.82) is 0 Å². The van der Waals surface area contributed by atoms with Crippen LogP contribution in [0.4, 0.5) is 4.39 Å². The van der Waals surface area contributed by atoms with E-state index in [4.69, 9.17) is 4.74 Å². The maximum atomic E-state index is 13.1. The number of sulfonamides is 1. The Morgan fingerprint density at radius 2 is 1.96 bits per heavy atom. The van der Waals surface area contributed by atoms with Crippen molar-refractivity contribution in [3.8, 4) is 5.75 Å². The van der Waals surface area contributed by atoms with Crippen LogP contribution >= 0.6 is 0 Å². The largest absolute Gasteiger partial charge is 0.495 e. The molecular weight excluding hydrogens is 335 g/mol. The average Bonchev–Trinajstić information content (AvgIpc) is 2.59. The molecule has 0 unspecified atom stereocenters. The molecule has 0 fully saturated rings. The normalized spacial score (nSPS) is 11.1. The van der Waals surface area contributed by atoms with Crippen molar-refractivity contribution in [1.82, 2.24) is 10.0 Å². The minimum absolute atomic E-state index is 0.122. The number of carbonyl (C=O) groups is 1. The maximum Gasteiger partial charge on any atom is 0.251 e. The molecule has 0 saturated heterocycles. The number of rotatable bonds is 6. The van der Waals surface area contributed by atoms with Gasteiger partial charge in [0.1, 0.15) is 16.5 Å². The van der Waals surface area contributed by atoms with E-state index in [1.54, 1.807) is 12.1 Å². The monoisotopic (exact) mass is 352 g/mol. The second-order valence-electron chi connectivity index (χ2n) is 4.89. The standard InChI is InChI=1S/C16H17FN2O4S/c1-18-24(21,22)15-9-12(6-7-14(15)23-2)16(20)19-10-11-4-3-5-13(17)8-11/h3-9,18H,10H2,1-2H3,(H,19,20). The molecule has 6 nitrogen and oxygen atoms in total. The second-order valence-corrected chi connectivity index (χ2v) is 6.74. The summed E-state index contributed by atoms with van der Waals surface area (Å²) in [4.78, 5) is 12.1. The Kier molecular flexibility index (Phi) is 5.53. The summed E-state index contributed by atoms with van der Waals surface area (Å²) in [5.41, 5.74) is 0.751. The number of halogens is 1. The predicted octanol–water partition coefficient (Wildman–Crippen LogP) is 1.67. The van der Waals surface area contributed by atoms with E-state index in [0.717, 1.165) is 0 Å². The maximum absolute atomic E-state index is 13.1. The highest BCUT2D eigenvalue weighted by atomic mass is 32.2. The van der Waals surface area contributed by atoms with Crippen molar-refractivity contribution in [2.45, 2.75) is 11.4 Å². The molecule has 0 aliphatic heterocycles. The van der Waals surface area contributed by atoms with Gasteiger partial charge in [-0.2, -0.15) is 0 Å². The SMILES string of the molecule is CNS(=O)(=O)c1cc(C(=O)NCc2cccc(F)c2)ccc1OC. The zero-order valence-electron chi connectivity index (χ0n) is 13.2. The van der Waals surface area contributed by atoms with Crippen LogP contribution in [0, 0.1) is 5.82 Å². The molecule has 0 bridgehead atoms. The molecule has 0 saturated carbocycles. The zero-order valence-corrected chi connectivity index (χ0v) is 14.0. The van der Waals surface area contributed by atoms with Crippen LogP contribution in [0.25, 0.3) is 0 Å². The van der Waals surface area contributed by atoms with Crippen molar-refractivity contribution >= 4 is 15.9 Å². The van der Waals surface area contributed by atoms with Gasteiger partial charge in [-0.1, -0.05) is 12.1 Å². The van der Waals surface area contributed by atoms with Crippen LogP contribution in [0.3, 0.4) is 0 Å². The first kappa shape index (κ1) is 17.9. The number of hydrogen-bond donors (Lipinski definition) is 2. The molecule has 0 aromatic heterocycles. The molecule has 2 rings (SSSR count). The summed E-state index contributed by atoms with van der Waals surface area (Å²) in [6.07, 6.45) is 0. The van der Waals surface area contributed by atoms with Gasteiger partial charge in [-0.3, -0.25) is 4.79 Å². The van der Waals surface area contributed by atoms with E-state index in [1.807, 2.05) is 0 Å². The van der Waals surface area contributed by atoms with Gasteiger partial charge in [0.05, 0.1) is 7.11 Å². The lowest BCUT2D eigenvalue weighted by Crippen LogP contribution is -2.24. The van der Waals surface area contributed by atoms with Gasteiger partial charge in [0.15, 0.2) is 0 Å². The Hall–Kier alpha value is -2.45. The molecule has 0 atom stereocenters. The number of nitrogens with one attached hydrogen (secondary N) is 2. The van der Waals surface area contributed by atoms with Gasteiger partial charge in [0.2, 0.25) is 10.0 Å². The average molecular weight is 352 g/mol. The number of amides is 1. The Bertz CT molecular complexity index is 853. The highest BCUT2D eigenvalue weighted by Crippen LogP contribution is 2.24. The lowest BCUT2D eigenvalue weighted by molar-refractivity contribution is 0.0950. The summed E-state index contributed by atoms with van der Waals surface area (Å²) in [6.45, 7) is 0.122. The fourth-order valence-electron chi connectivity index (χ4n) is 2.07. The van der Waals surface area contributed by atoms with Crippen LogP contribution in [0.5, 0.6) is 5.75 Å². The van der Waals surface area contributed by atoms with Crippen molar-refractivity contribution in [3.05, 3.63) is 59.4 Å². The van der Waals surface area contributed by atoms with Gasteiger partial charge in [0, 0.05) is 12.1 Å². The molecule has 0 aliphatic rings. The molecular formula is C16H17FN2O4S. The summed E-state index contributed by atoms with van der Waals surface area (Å²) in [7, 11) is -1.16. The highest BCUT2D eigenvalue weighted by molar-refractivity contribution is 7.89. The van der Waals surface area contributed by atoms with Gasteiger partial charge >= 0.3 is 0 Å². The van der Waals surface area contributed by atoms with E-state index in [2.05, 4.69) is 10.0 Å². The summed E-state index contributed by atoms with van der Waals surface area (Å²) in [5.74, 6) is -0.742. The Balaban J connectivity index is 2.22. The van der Waals surface area contributed by atoms with Gasteiger partial charge < -0.3 is 10.1 Å². The fourth-order valence-corrected chi connectivity index (χ4v) is 2.99. The summed E-state index contributed by atoms with van der Waals surface area (Å²) in [6, 6.07) is 9.92. The molecule has 0 aliphatic carbocycles. The van der Waals surface area contributed by atoms with Gasteiger partial charge in [-0.05, 0) is 42.9 Å².